The molecule has 0 radical (unpaired) electrons. The maximum absolute atomic E-state index is 6.10. The second-order valence-electron chi connectivity index (χ2n) is 6.00. The Morgan fingerprint density at radius 1 is 1.14 bits per heavy atom. The number of aromatic nitrogens is 2. The van der Waals surface area contributed by atoms with Crippen molar-refractivity contribution in [1.29, 1.82) is 0 Å². The van der Waals surface area contributed by atoms with Crippen molar-refractivity contribution in [3.05, 3.63) is 44.2 Å². The van der Waals surface area contributed by atoms with Crippen LogP contribution in [0, 0.1) is 13.8 Å². The van der Waals surface area contributed by atoms with Gasteiger partial charge in [-0.1, -0.05) is 34.8 Å². The molecule has 0 unspecified atom stereocenters. The van der Waals surface area contributed by atoms with E-state index in [0.29, 0.717) is 39.9 Å². The van der Waals surface area contributed by atoms with E-state index in [0.717, 1.165) is 18.7 Å². The van der Waals surface area contributed by atoms with Gasteiger partial charge in [-0.2, -0.15) is 5.10 Å². The number of halogens is 4. The zero-order valence-corrected chi connectivity index (χ0v) is 20.9. The third-order valence-electron chi connectivity index (χ3n) is 4.15. The second-order valence-corrected chi connectivity index (χ2v) is 7.25. The molecule has 0 amide bonds. The van der Waals surface area contributed by atoms with Gasteiger partial charge in [0.2, 0.25) is 0 Å². The summed E-state index contributed by atoms with van der Waals surface area (Å²) in [4.78, 5) is 4.21. The lowest BCUT2D eigenvalue weighted by molar-refractivity contribution is 0.322. The Balaban J connectivity index is 0.00000392. The Labute approximate surface area is 198 Å². The van der Waals surface area contributed by atoms with Crippen LogP contribution in [0.25, 0.3) is 0 Å². The molecule has 0 aliphatic rings. The topological polar surface area (TPSA) is 63.5 Å². The molecule has 0 saturated carbocycles. The van der Waals surface area contributed by atoms with Crippen LogP contribution in [0.5, 0.6) is 5.75 Å². The highest BCUT2D eigenvalue weighted by Crippen LogP contribution is 2.35. The highest BCUT2D eigenvalue weighted by Gasteiger charge is 2.10. The normalized spacial score (nSPS) is 11.2. The molecule has 1 aromatic carbocycles. The van der Waals surface area contributed by atoms with Gasteiger partial charge in [-0.3, -0.25) is 9.67 Å². The van der Waals surface area contributed by atoms with Crippen LogP contribution < -0.4 is 15.4 Å². The Morgan fingerprint density at radius 3 is 2.29 bits per heavy atom. The summed E-state index contributed by atoms with van der Waals surface area (Å²) < 4.78 is 7.55. The Kier molecular flexibility index (Phi) is 10.7. The average molecular weight is 561 g/mol. The third-order valence-corrected chi connectivity index (χ3v) is 4.93. The van der Waals surface area contributed by atoms with Gasteiger partial charge in [0.15, 0.2) is 11.7 Å². The SMILES string of the molecule is CN=C(NCCOc1c(Cl)cc(Cl)cc1Cl)NCCc1c(C)nn(C)c1C.I. The molecule has 1 aromatic heterocycles. The number of nitrogens with one attached hydrogen (secondary N) is 2. The molecule has 6 nitrogen and oxygen atoms in total. The molecule has 0 aliphatic carbocycles. The van der Waals surface area contributed by atoms with E-state index in [9.17, 15) is 0 Å². The zero-order valence-electron chi connectivity index (χ0n) is 16.3. The summed E-state index contributed by atoms with van der Waals surface area (Å²) in [7, 11) is 3.68. The summed E-state index contributed by atoms with van der Waals surface area (Å²) in [6, 6.07) is 3.20. The van der Waals surface area contributed by atoms with E-state index < -0.39 is 0 Å². The largest absolute Gasteiger partial charge is 0.489 e. The fraction of sp³-hybridized carbons (Fsp3) is 0.444. The number of ether oxygens (including phenoxy) is 1. The van der Waals surface area contributed by atoms with Gasteiger partial charge in [0.25, 0.3) is 0 Å². The van der Waals surface area contributed by atoms with Crippen molar-refractivity contribution in [1.82, 2.24) is 20.4 Å². The molecule has 0 saturated heterocycles. The van der Waals surface area contributed by atoms with E-state index in [4.69, 9.17) is 39.5 Å². The van der Waals surface area contributed by atoms with Crippen LogP contribution in [0.15, 0.2) is 17.1 Å². The smallest absolute Gasteiger partial charge is 0.191 e. The number of benzene rings is 1. The van der Waals surface area contributed by atoms with Gasteiger partial charge in [-0.15, -0.1) is 24.0 Å². The lowest BCUT2D eigenvalue weighted by atomic mass is 10.1. The van der Waals surface area contributed by atoms with Crippen molar-refractivity contribution < 1.29 is 4.74 Å². The van der Waals surface area contributed by atoms with Gasteiger partial charge in [0.1, 0.15) is 6.61 Å². The van der Waals surface area contributed by atoms with Gasteiger partial charge < -0.3 is 15.4 Å². The Morgan fingerprint density at radius 2 is 1.75 bits per heavy atom. The minimum atomic E-state index is 0. The molecule has 2 rings (SSSR count). The van der Waals surface area contributed by atoms with Gasteiger partial charge in [-0.25, -0.2) is 0 Å². The molecular formula is C18H25Cl3IN5O. The van der Waals surface area contributed by atoms with Crippen molar-refractivity contribution in [2.45, 2.75) is 20.3 Å². The van der Waals surface area contributed by atoms with E-state index in [1.54, 1.807) is 19.2 Å². The van der Waals surface area contributed by atoms with Crippen molar-refractivity contribution in [3.63, 3.8) is 0 Å². The van der Waals surface area contributed by atoms with Gasteiger partial charge in [-0.05, 0) is 38.0 Å². The molecule has 28 heavy (non-hydrogen) atoms. The molecular weight excluding hydrogens is 535 g/mol. The Hall–Kier alpha value is -0.900. The molecule has 0 fully saturated rings. The number of hydrogen-bond acceptors (Lipinski definition) is 3. The lowest BCUT2D eigenvalue weighted by Crippen LogP contribution is -2.40. The monoisotopic (exact) mass is 559 g/mol. The first-order valence-electron chi connectivity index (χ1n) is 8.54. The standard InChI is InChI=1S/C18H24Cl3N5O.HI/c1-11-14(12(2)26(4)25-11)5-6-23-18(22-3)24-7-8-27-17-15(20)9-13(19)10-16(17)21;/h9-10H,5-8H2,1-4H3,(H2,22,23,24);1H. The van der Waals surface area contributed by atoms with Crippen LogP contribution >= 0.6 is 58.8 Å². The summed E-state index contributed by atoms with van der Waals surface area (Å²) in [5, 5.41) is 12.2. The summed E-state index contributed by atoms with van der Waals surface area (Å²) in [5.74, 6) is 1.13. The van der Waals surface area contributed by atoms with Crippen LogP contribution in [0.1, 0.15) is 17.0 Å². The minimum absolute atomic E-state index is 0. The molecule has 2 N–H and O–H groups in total. The molecule has 0 spiro atoms. The van der Waals surface area contributed by atoms with E-state index in [1.165, 1.54) is 11.3 Å². The number of guanidine groups is 1. The summed E-state index contributed by atoms with van der Waals surface area (Å²) in [6.45, 7) is 5.78. The van der Waals surface area contributed by atoms with Crippen LogP contribution in [0.3, 0.4) is 0 Å². The molecule has 0 bridgehead atoms. The number of rotatable bonds is 7. The highest BCUT2D eigenvalue weighted by atomic mass is 127. The van der Waals surface area contributed by atoms with E-state index in [1.807, 2.05) is 18.7 Å². The first-order chi connectivity index (χ1) is 12.8. The fourth-order valence-corrected chi connectivity index (χ4v) is 3.62. The number of nitrogens with zero attached hydrogens (tertiary/aromatic N) is 3. The average Bonchev–Trinajstić information content (AvgIpc) is 2.84. The van der Waals surface area contributed by atoms with Crippen molar-refractivity contribution in [2.24, 2.45) is 12.0 Å². The number of hydrogen-bond donors (Lipinski definition) is 2. The Bertz CT molecular complexity index is 803. The second kappa shape index (κ2) is 11.9. The van der Waals surface area contributed by atoms with Gasteiger partial charge in [0.05, 0.1) is 22.3 Å². The van der Waals surface area contributed by atoms with Crippen LogP contribution in [-0.2, 0) is 13.5 Å². The number of aryl methyl sites for hydroxylation is 2. The fourth-order valence-electron chi connectivity index (χ4n) is 2.70. The van der Waals surface area contributed by atoms with Crippen LogP contribution in [-0.4, -0.2) is 42.5 Å². The molecule has 1 heterocycles. The minimum Gasteiger partial charge on any atom is -0.489 e. The van der Waals surface area contributed by atoms with Crippen LogP contribution in [0.4, 0.5) is 0 Å². The lowest BCUT2D eigenvalue weighted by Gasteiger charge is -2.14. The highest BCUT2D eigenvalue weighted by molar-refractivity contribution is 14.0. The molecule has 156 valence electrons. The third kappa shape index (κ3) is 6.86. The number of aliphatic imine (C=N–C) groups is 1. The molecule has 2 aromatic rings. The maximum atomic E-state index is 6.10. The molecule has 0 aliphatic heterocycles. The predicted octanol–water partition coefficient (Wildman–Crippen LogP) is 4.40. The quantitative estimate of drug-likeness (QED) is 0.228. The zero-order chi connectivity index (χ0) is 20.0. The molecule has 10 heteroatoms. The van der Waals surface area contributed by atoms with Crippen molar-refractivity contribution in [3.8, 4) is 5.75 Å². The molecule has 0 atom stereocenters. The first kappa shape index (κ1) is 25.1. The first-order valence-corrected chi connectivity index (χ1v) is 9.67. The van der Waals surface area contributed by atoms with Crippen molar-refractivity contribution in [2.75, 3.05) is 26.7 Å². The maximum Gasteiger partial charge on any atom is 0.191 e. The van der Waals surface area contributed by atoms with Crippen molar-refractivity contribution >= 4 is 64.7 Å². The predicted molar refractivity (Wildman–Crippen MR) is 128 cm³/mol. The van der Waals surface area contributed by atoms with Gasteiger partial charge >= 0.3 is 0 Å². The van der Waals surface area contributed by atoms with Gasteiger partial charge in [0, 0.05) is 31.4 Å². The van der Waals surface area contributed by atoms with Crippen LogP contribution in [0.2, 0.25) is 15.1 Å². The van der Waals surface area contributed by atoms with E-state index in [2.05, 4.69) is 27.6 Å². The summed E-state index contributed by atoms with van der Waals surface area (Å²) >= 11 is 18.1. The van der Waals surface area contributed by atoms with E-state index >= 15 is 0 Å². The summed E-state index contributed by atoms with van der Waals surface area (Å²) in [6.07, 6.45) is 0.874. The van der Waals surface area contributed by atoms with E-state index in [-0.39, 0.29) is 24.0 Å². The summed E-state index contributed by atoms with van der Waals surface area (Å²) in [5.41, 5.74) is 3.50.